The Morgan fingerprint density at radius 1 is 0.931 bits per heavy atom. The Kier molecular flexibility index (Phi) is 5.93. The Balaban J connectivity index is 1.67. The Morgan fingerprint density at radius 2 is 1.55 bits per heavy atom. The van der Waals surface area contributed by atoms with E-state index in [9.17, 15) is 13.2 Å². The largest absolute Gasteiger partial charge is 0.326 e. The fraction of sp³-hybridized carbons (Fsp3) is 0.190. The molecule has 2 aromatic carbocycles. The molecular weight excluding hydrogens is 388 g/mol. The first-order valence-electron chi connectivity index (χ1n) is 9.02. The molecule has 7 nitrogen and oxygen atoms in total. The minimum absolute atomic E-state index is 0.00691. The molecule has 2 N–H and O–H groups in total. The summed E-state index contributed by atoms with van der Waals surface area (Å²) in [6, 6.07) is 17.3. The molecule has 0 aliphatic carbocycles. The van der Waals surface area contributed by atoms with Gasteiger partial charge in [-0.25, -0.2) is 23.1 Å². The molecule has 0 unspecified atom stereocenters. The second kappa shape index (κ2) is 8.40. The van der Waals surface area contributed by atoms with Gasteiger partial charge in [-0.2, -0.15) is 0 Å². The number of hydrogen-bond donors (Lipinski definition) is 2. The summed E-state index contributed by atoms with van der Waals surface area (Å²) < 4.78 is 27.1. The smallest absolute Gasteiger partial charge is 0.264 e. The molecule has 0 bridgehead atoms. The summed E-state index contributed by atoms with van der Waals surface area (Å²) in [7, 11) is -3.82. The van der Waals surface area contributed by atoms with Crippen molar-refractivity contribution < 1.29 is 13.2 Å². The van der Waals surface area contributed by atoms with Gasteiger partial charge in [0.15, 0.2) is 0 Å². The Morgan fingerprint density at radius 3 is 2.17 bits per heavy atom. The highest BCUT2D eigenvalue weighted by Crippen LogP contribution is 2.25. The number of rotatable bonds is 7. The van der Waals surface area contributed by atoms with Crippen LogP contribution in [0.15, 0.2) is 78.0 Å². The number of benzene rings is 2. The topological polar surface area (TPSA) is 101 Å². The van der Waals surface area contributed by atoms with E-state index in [4.69, 9.17) is 0 Å². The third kappa shape index (κ3) is 5.39. The molecule has 0 atom stereocenters. The maximum absolute atomic E-state index is 12.7. The molecule has 150 valence electrons. The molecule has 1 aromatic heterocycles. The highest BCUT2D eigenvalue weighted by Gasteiger charge is 2.28. The zero-order valence-corrected chi connectivity index (χ0v) is 17.0. The number of sulfonamides is 1. The molecule has 0 aliphatic rings. The molecule has 29 heavy (non-hydrogen) atoms. The van der Waals surface area contributed by atoms with Crippen LogP contribution in [0.2, 0.25) is 0 Å². The van der Waals surface area contributed by atoms with Gasteiger partial charge in [0.1, 0.15) is 0 Å². The van der Waals surface area contributed by atoms with Gasteiger partial charge in [-0.15, -0.1) is 0 Å². The number of hydrogen-bond acceptors (Lipinski definition) is 5. The van der Waals surface area contributed by atoms with Gasteiger partial charge in [0, 0.05) is 23.5 Å². The lowest BCUT2D eigenvalue weighted by atomic mass is 9.85. The van der Waals surface area contributed by atoms with Crippen LogP contribution in [0.4, 0.5) is 11.6 Å². The van der Waals surface area contributed by atoms with Gasteiger partial charge in [-0.3, -0.25) is 4.79 Å². The van der Waals surface area contributed by atoms with Crippen molar-refractivity contribution in [3.8, 4) is 0 Å². The van der Waals surface area contributed by atoms with E-state index in [2.05, 4.69) is 20.0 Å². The van der Waals surface area contributed by atoms with Gasteiger partial charge < -0.3 is 5.32 Å². The van der Waals surface area contributed by atoms with Crippen molar-refractivity contribution in [3.63, 3.8) is 0 Å². The molecule has 0 aliphatic heterocycles. The van der Waals surface area contributed by atoms with Crippen molar-refractivity contribution in [1.82, 2.24) is 9.97 Å². The van der Waals surface area contributed by atoms with Crippen LogP contribution in [0.3, 0.4) is 0 Å². The summed E-state index contributed by atoms with van der Waals surface area (Å²) in [5, 5.41) is 2.85. The van der Waals surface area contributed by atoms with E-state index in [1.54, 1.807) is 18.2 Å². The van der Waals surface area contributed by atoms with E-state index in [-0.39, 0.29) is 16.8 Å². The van der Waals surface area contributed by atoms with E-state index in [1.807, 2.05) is 44.2 Å². The summed E-state index contributed by atoms with van der Waals surface area (Å²) in [5.74, 6) is -0.152. The normalized spacial score (nSPS) is 11.7. The number of anilines is 2. The van der Waals surface area contributed by atoms with E-state index < -0.39 is 15.4 Å². The fourth-order valence-electron chi connectivity index (χ4n) is 2.74. The molecule has 0 fully saturated rings. The lowest BCUT2D eigenvalue weighted by Crippen LogP contribution is -2.32. The average molecular weight is 410 g/mol. The van der Waals surface area contributed by atoms with E-state index >= 15 is 0 Å². The second-order valence-electron chi connectivity index (χ2n) is 7.20. The van der Waals surface area contributed by atoms with Crippen LogP contribution in [-0.2, 0) is 21.2 Å². The molecule has 1 amide bonds. The van der Waals surface area contributed by atoms with Crippen LogP contribution in [-0.4, -0.2) is 24.3 Å². The summed E-state index contributed by atoms with van der Waals surface area (Å²) in [5.41, 5.74) is 0.965. The third-order valence-electron chi connectivity index (χ3n) is 4.32. The first kappa shape index (κ1) is 20.5. The predicted octanol–water partition coefficient (Wildman–Crippen LogP) is 3.48. The molecule has 0 radical (unpaired) electrons. The van der Waals surface area contributed by atoms with Crippen LogP contribution in [0.5, 0.6) is 0 Å². The second-order valence-corrected chi connectivity index (χ2v) is 8.89. The first-order chi connectivity index (χ1) is 13.8. The number of nitrogens with zero attached hydrogens (tertiary/aromatic N) is 2. The molecular formula is C21H22N4O3S. The summed E-state index contributed by atoms with van der Waals surface area (Å²) in [6.07, 6.45) is 3.48. The molecule has 0 saturated carbocycles. The van der Waals surface area contributed by atoms with Gasteiger partial charge >= 0.3 is 0 Å². The van der Waals surface area contributed by atoms with Crippen molar-refractivity contribution in [3.05, 3.63) is 78.6 Å². The predicted molar refractivity (Wildman–Crippen MR) is 112 cm³/mol. The summed E-state index contributed by atoms with van der Waals surface area (Å²) in [4.78, 5) is 20.4. The number of aromatic nitrogens is 2. The summed E-state index contributed by atoms with van der Waals surface area (Å²) in [6.45, 7) is 3.75. The standard InChI is InChI=1S/C21H22N4O3S/c1-21(2,15-16-7-4-3-5-8-16)19(26)24-17-9-11-18(12-10-17)29(27,28)25-20-22-13-6-14-23-20/h3-14H,15H2,1-2H3,(H,24,26)(H,22,23,25). The van der Waals surface area contributed by atoms with E-state index in [0.29, 0.717) is 12.1 Å². The number of nitrogens with one attached hydrogen (secondary N) is 2. The zero-order chi connectivity index (χ0) is 20.9. The van der Waals surface area contributed by atoms with E-state index in [1.165, 1.54) is 24.5 Å². The molecule has 0 spiro atoms. The monoisotopic (exact) mass is 410 g/mol. The maximum atomic E-state index is 12.7. The SMILES string of the molecule is CC(C)(Cc1ccccc1)C(=O)Nc1ccc(S(=O)(=O)Nc2ncccn2)cc1. The van der Waals surface area contributed by atoms with Crippen molar-refractivity contribution in [2.75, 3.05) is 10.0 Å². The van der Waals surface area contributed by atoms with Crippen molar-refractivity contribution in [2.24, 2.45) is 5.41 Å². The highest BCUT2D eigenvalue weighted by atomic mass is 32.2. The molecule has 1 heterocycles. The van der Waals surface area contributed by atoms with Gasteiger partial charge in [0.2, 0.25) is 11.9 Å². The summed E-state index contributed by atoms with van der Waals surface area (Å²) >= 11 is 0. The van der Waals surface area contributed by atoms with Crippen LogP contribution in [0, 0.1) is 5.41 Å². The van der Waals surface area contributed by atoms with Crippen LogP contribution >= 0.6 is 0 Å². The van der Waals surface area contributed by atoms with E-state index in [0.717, 1.165) is 5.56 Å². The van der Waals surface area contributed by atoms with Crippen LogP contribution in [0.1, 0.15) is 19.4 Å². The quantitative estimate of drug-likeness (QED) is 0.621. The zero-order valence-electron chi connectivity index (χ0n) is 16.2. The van der Waals surface area contributed by atoms with Crippen molar-refractivity contribution in [1.29, 1.82) is 0 Å². The Labute approximate surface area is 170 Å². The minimum atomic E-state index is -3.82. The third-order valence-corrected chi connectivity index (χ3v) is 5.66. The maximum Gasteiger partial charge on any atom is 0.264 e. The van der Waals surface area contributed by atoms with Crippen molar-refractivity contribution >= 4 is 27.6 Å². The number of amides is 1. The Bertz CT molecular complexity index is 1070. The molecule has 0 saturated heterocycles. The lowest BCUT2D eigenvalue weighted by Gasteiger charge is -2.23. The van der Waals surface area contributed by atoms with Gasteiger partial charge in [-0.05, 0) is 42.3 Å². The Hall–Kier alpha value is -3.26. The van der Waals surface area contributed by atoms with Gasteiger partial charge in [-0.1, -0.05) is 44.2 Å². The molecule has 8 heteroatoms. The highest BCUT2D eigenvalue weighted by molar-refractivity contribution is 7.92. The lowest BCUT2D eigenvalue weighted by molar-refractivity contribution is -0.123. The molecule has 3 aromatic rings. The fourth-order valence-corrected chi connectivity index (χ4v) is 3.69. The first-order valence-corrected chi connectivity index (χ1v) is 10.5. The van der Waals surface area contributed by atoms with Crippen LogP contribution < -0.4 is 10.0 Å². The van der Waals surface area contributed by atoms with Gasteiger partial charge in [0.25, 0.3) is 10.0 Å². The average Bonchev–Trinajstić information content (AvgIpc) is 2.69. The minimum Gasteiger partial charge on any atom is -0.326 e. The number of carbonyl (C=O) groups excluding carboxylic acids is 1. The van der Waals surface area contributed by atoms with Crippen molar-refractivity contribution in [2.45, 2.75) is 25.2 Å². The van der Waals surface area contributed by atoms with Gasteiger partial charge in [0.05, 0.1) is 4.90 Å². The van der Waals surface area contributed by atoms with Crippen LogP contribution in [0.25, 0.3) is 0 Å². The molecule has 3 rings (SSSR count). The number of carbonyl (C=O) groups is 1.